The highest BCUT2D eigenvalue weighted by Gasteiger charge is 2.04. The van der Waals surface area contributed by atoms with Crippen LogP contribution in [-0.4, -0.2) is 16.2 Å². The summed E-state index contributed by atoms with van der Waals surface area (Å²) in [5, 5.41) is 17.6. The van der Waals surface area contributed by atoms with Crippen molar-refractivity contribution in [3.63, 3.8) is 0 Å². The van der Waals surface area contributed by atoms with Crippen LogP contribution in [0.25, 0.3) is 0 Å². The second kappa shape index (κ2) is 3.89. The molecule has 0 aliphatic rings. The molecule has 0 bridgehead atoms. The van der Waals surface area contributed by atoms with Crippen molar-refractivity contribution in [2.24, 2.45) is 0 Å². The summed E-state index contributed by atoms with van der Waals surface area (Å²) in [7, 11) is 0. The predicted octanol–water partition coefficient (Wildman–Crippen LogP) is 1.49. The fourth-order valence-electron chi connectivity index (χ4n) is 1.01. The summed E-state index contributed by atoms with van der Waals surface area (Å²) in [6, 6.07) is 4.14. The van der Waals surface area contributed by atoms with Gasteiger partial charge in [0.2, 0.25) is 0 Å². The van der Waals surface area contributed by atoms with Gasteiger partial charge in [0.05, 0.1) is 6.42 Å². The minimum Gasteiger partial charge on any atom is -0.508 e. The second-order valence-electron chi connectivity index (χ2n) is 2.67. The van der Waals surface area contributed by atoms with Gasteiger partial charge in [-0.25, -0.2) is 4.39 Å². The number of phenols is 1. The summed E-state index contributed by atoms with van der Waals surface area (Å²) in [5.74, 6) is -1.17. The van der Waals surface area contributed by atoms with Gasteiger partial charge in [-0.1, -0.05) is 12.1 Å². The Hall–Kier alpha value is -1.58. The van der Waals surface area contributed by atoms with Crippen LogP contribution in [-0.2, 0) is 17.9 Å². The quantitative estimate of drug-likeness (QED) is 0.748. The molecule has 0 aromatic heterocycles. The van der Waals surface area contributed by atoms with Gasteiger partial charge in [0, 0.05) is 5.56 Å². The van der Waals surface area contributed by atoms with Gasteiger partial charge < -0.3 is 10.2 Å². The third-order valence-electron chi connectivity index (χ3n) is 1.65. The normalized spacial score (nSPS) is 9.92. The number of aliphatic carboxylic acids is 1. The van der Waals surface area contributed by atoms with Crippen LogP contribution in [0, 0.1) is 0 Å². The van der Waals surface area contributed by atoms with E-state index < -0.39 is 12.6 Å². The van der Waals surface area contributed by atoms with E-state index in [-0.39, 0.29) is 17.7 Å². The molecule has 0 heterocycles. The first-order valence-electron chi connectivity index (χ1n) is 3.72. The standard InChI is InChI=1S/C9H9FO3/c10-5-7-2-1-6(3-8(7)11)4-9(12)13/h1-3,11H,4-5H2,(H,12,13). The summed E-state index contributed by atoms with van der Waals surface area (Å²) < 4.78 is 12.1. The lowest BCUT2D eigenvalue weighted by Gasteiger charge is -2.02. The number of rotatable bonds is 3. The van der Waals surface area contributed by atoms with Gasteiger partial charge in [-0.15, -0.1) is 0 Å². The third kappa shape index (κ3) is 2.43. The van der Waals surface area contributed by atoms with E-state index in [9.17, 15) is 14.3 Å². The highest BCUT2D eigenvalue weighted by Crippen LogP contribution is 2.19. The molecule has 0 saturated heterocycles. The molecule has 1 aromatic rings. The molecule has 1 aromatic carbocycles. The van der Waals surface area contributed by atoms with Gasteiger partial charge in [-0.3, -0.25) is 4.79 Å². The average Bonchev–Trinajstić information content (AvgIpc) is 2.03. The van der Waals surface area contributed by atoms with Crippen molar-refractivity contribution in [3.05, 3.63) is 29.3 Å². The Bertz CT molecular complexity index is 323. The fraction of sp³-hybridized carbons (Fsp3) is 0.222. The zero-order valence-corrected chi connectivity index (χ0v) is 6.83. The molecule has 0 aliphatic heterocycles. The average molecular weight is 184 g/mol. The predicted molar refractivity (Wildman–Crippen MR) is 44.3 cm³/mol. The van der Waals surface area contributed by atoms with Crippen LogP contribution >= 0.6 is 0 Å². The Morgan fingerprint density at radius 2 is 2.15 bits per heavy atom. The molecule has 0 unspecified atom stereocenters. The van der Waals surface area contributed by atoms with Crippen molar-refractivity contribution in [2.75, 3.05) is 0 Å². The first-order chi connectivity index (χ1) is 6.13. The minimum atomic E-state index is -0.979. The number of hydrogen-bond acceptors (Lipinski definition) is 2. The highest BCUT2D eigenvalue weighted by molar-refractivity contribution is 5.70. The molecule has 1 rings (SSSR count). The van der Waals surface area contributed by atoms with Crippen molar-refractivity contribution in [1.82, 2.24) is 0 Å². The van der Waals surface area contributed by atoms with Crippen LogP contribution in [0.1, 0.15) is 11.1 Å². The molecular weight excluding hydrogens is 175 g/mol. The molecule has 4 heteroatoms. The number of carboxylic acid groups (broad SMARTS) is 1. The van der Waals surface area contributed by atoms with Crippen molar-refractivity contribution in [1.29, 1.82) is 0 Å². The number of hydrogen-bond donors (Lipinski definition) is 2. The highest BCUT2D eigenvalue weighted by atomic mass is 19.1. The number of carbonyl (C=O) groups is 1. The zero-order valence-electron chi connectivity index (χ0n) is 6.83. The molecule has 0 atom stereocenters. The molecule has 0 aliphatic carbocycles. The summed E-state index contributed by atoms with van der Waals surface area (Å²) in [6.07, 6.45) is -0.167. The lowest BCUT2D eigenvalue weighted by Crippen LogP contribution is -1.99. The molecule has 13 heavy (non-hydrogen) atoms. The van der Waals surface area contributed by atoms with Crippen LogP contribution in [0.3, 0.4) is 0 Å². The van der Waals surface area contributed by atoms with Crippen molar-refractivity contribution < 1.29 is 19.4 Å². The van der Waals surface area contributed by atoms with Gasteiger partial charge in [-0.05, 0) is 11.6 Å². The summed E-state index contributed by atoms with van der Waals surface area (Å²) in [5.41, 5.74) is 0.635. The molecule has 0 fully saturated rings. The number of aromatic hydroxyl groups is 1. The first-order valence-corrected chi connectivity index (χ1v) is 3.72. The smallest absolute Gasteiger partial charge is 0.307 e. The molecule has 2 N–H and O–H groups in total. The van der Waals surface area contributed by atoms with Crippen LogP contribution in [0.5, 0.6) is 5.75 Å². The van der Waals surface area contributed by atoms with Crippen LogP contribution in [0.15, 0.2) is 18.2 Å². The van der Waals surface area contributed by atoms with E-state index >= 15 is 0 Å². The summed E-state index contributed by atoms with van der Waals surface area (Å²) in [6.45, 7) is -0.751. The minimum absolute atomic E-state index is 0.167. The number of benzene rings is 1. The van der Waals surface area contributed by atoms with Gasteiger partial charge in [-0.2, -0.15) is 0 Å². The number of alkyl halides is 1. The van der Waals surface area contributed by atoms with Gasteiger partial charge in [0.1, 0.15) is 12.4 Å². The Labute approximate surface area is 74.4 Å². The van der Waals surface area contributed by atoms with E-state index in [1.54, 1.807) is 0 Å². The maximum absolute atomic E-state index is 12.1. The molecule has 3 nitrogen and oxygen atoms in total. The Morgan fingerprint density at radius 1 is 1.46 bits per heavy atom. The topological polar surface area (TPSA) is 57.5 Å². The van der Waals surface area contributed by atoms with Gasteiger partial charge in [0.15, 0.2) is 0 Å². The molecule has 0 saturated carbocycles. The second-order valence-corrected chi connectivity index (χ2v) is 2.67. The number of halogens is 1. The third-order valence-corrected chi connectivity index (χ3v) is 1.65. The van der Waals surface area contributed by atoms with Crippen LogP contribution in [0.2, 0.25) is 0 Å². The summed E-state index contributed by atoms with van der Waals surface area (Å²) >= 11 is 0. The van der Waals surface area contributed by atoms with Crippen molar-refractivity contribution in [2.45, 2.75) is 13.1 Å². The number of phenolic OH excluding ortho intramolecular Hbond substituents is 1. The monoisotopic (exact) mass is 184 g/mol. The van der Waals surface area contributed by atoms with E-state index in [2.05, 4.69) is 0 Å². The van der Waals surface area contributed by atoms with E-state index in [1.165, 1.54) is 18.2 Å². The lowest BCUT2D eigenvalue weighted by atomic mass is 10.1. The fourth-order valence-corrected chi connectivity index (χ4v) is 1.01. The molecular formula is C9H9FO3. The van der Waals surface area contributed by atoms with Crippen molar-refractivity contribution >= 4 is 5.97 Å². The van der Waals surface area contributed by atoms with Crippen LogP contribution in [0.4, 0.5) is 4.39 Å². The largest absolute Gasteiger partial charge is 0.508 e. The van der Waals surface area contributed by atoms with Gasteiger partial charge in [0.25, 0.3) is 0 Å². The Kier molecular flexibility index (Phi) is 2.84. The van der Waals surface area contributed by atoms with E-state index in [0.717, 1.165) is 0 Å². The maximum atomic E-state index is 12.1. The zero-order chi connectivity index (χ0) is 9.84. The van der Waals surface area contributed by atoms with Gasteiger partial charge >= 0.3 is 5.97 Å². The summed E-state index contributed by atoms with van der Waals surface area (Å²) in [4.78, 5) is 10.3. The SMILES string of the molecule is O=C(O)Cc1ccc(CF)c(O)c1. The molecule has 0 amide bonds. The lowest BCUT2D eigenvalue weighted by molar-refractivity contribution is -0.136. The molecule has 0 spiro atoms. The number of carboxylic acids is 1. The van der Waals surface area contributed by atoms with E-state index in [1.807, 2.05) is 0 Å². The van der Waals surface area contributed by atoms with E-state index in [4.69, 9.17) is 5.11 Å². The maximum Gasteiger partial charge on any atom is 0.307 e. The van der Waals surface area contributed by atoms with E-state index in [0.29, 0.717) is 5.56 Å². The first kappa shape index (κ1) is 9.51. The Balaban J connectivity index is 2.89. The van der Waals surface area contributed by atoms with Crippen LogP contribution < -0.4 is 0 Å². The Morgan fingerprint density at radius 3 is 2.62 bits per heavy atom. The molecule has 70 valence electrons. The molecule has 0 radical (unpaired) electrons. The van der Waals surface area contributed by atoms with Crippen molar-refractivity contribution in [3.8, 4) is 5.75 Å².